The van der Waals surface area contributed by atoms with Crippen molar-refractivity contribution in [2.75, 3.05) is 0 Å². The standard InChI is InChI=1S/C38H47NO2S4/c1-4-7-10-13-16-27-21-22-42-35(27)33-24-29(18-15-12-9-6-3)37(44-33)34-25-28(17-14-11-8-5-2)36(45-34)32-20-19-31(43-32)23-30(26-39)38(40)41/h19-25H,4-18H2,1-3H3,(H,40,41)/b30-23-. The topological polar surface area (TPSA) is 61.1 Å². The van der Waals surface area contributed by atoms with Crippen molar-refractivity contribution in [2.45, 2.75) is 117 Å². The Morgan fingerprint density at radius 1 is 0.689 bits per heavy atom. The Kier molecular flexibility index (Phi) is 14.6. The maximum absolute atomic E-state index is 11.4. The summed E-state index contributed by atoms with van der Waals surface area (Å²) in [6.45, 7) is 6.80. The summed E-state index contributed by atoms with van der Waals surface area (Å²) < 4.78 is 0. The van der Waals surface area contributed by atoms with Crippen molar-refractivity contribution < 1.29 is 9.90 Å². The summed E-state index contributed by atoms with van der Waals surface area (Å²) in [7, 11) is 0. The second-order valence-corrected chi connectivity index (χ2v) is 15.9. The number of hydrogen-bond acceptors (Lipinski definition) is 6. The van der Waals surface area contributed by atoms with Crippen LogP contribution in [0, 0.1) is 11.3 Å². The molecular formula is C38H47NO2S4. The lowest BCUT2D eigenvalue weighted by atomic mass is 10.0. The second kappa shape index (κ2) is 18.6. The molecule has 0 aromatic carbocycles. The monoisotopic (exact) mass is 677 g/mol. The lowest BCUT2D eigenvalue weighted by Gasteiger charge is -2.02. The van der Waals surface area contributed by atoms with Crippen LogP contribution in [-0.4, -0.2) is 11.1 Å². The molecule has 4 aromatic heterocycles. The fraction of sp³-hybridized carbons (Fsp3) is 0.474. The van der Waals surface area contributed by atoms with Crippen molar-refractivity contribution in [3.63, 3.8) is 0 Å². The van der Waals surface area contributed by atoms with E-state index in [2.05, 4.69) is 50.4 Å². The van der Waals surface area contributed by atoms with E-state index in [1.165, 1.54) is 124 Å². The van der Waals surface area contributed by atoms with Gasteiger partial charge in [-0.25, -0.2) is 4.79 Å². The normalized spacial score (nSPS) is 11.7. The Balaban J connectivity index is 1.71. The predicted octanol–water partition coefficient (Wildman–Crippen LogP) is 13.3. The van der Waals surface area contributed by atoms with E-state index in [9.17, 15) is 15.2 Å². The molecule has 1 N–H and O–H groups in total. The molecule has 0 atom stereocenters. The average molecular weight is 678 g/mol. The third kappa shape index (κ3) is 9.99. The number of thiophene rings is 4. The van der Waals surface area contributed by atoms with Crippen LogP contribution in [0.5, 0.6) is 0 Å². The molecule has 0 aliphatic carbocycles. The highest BCUT2D eigenvalue weighted by molar-refractivity contribution is 7.28. The molecule has 4 rings (SSSR count). The zero-order valence-corrected chi connectivity index (χ0v) is 30.3. The number of rotatable bonds is 20. The molecule has 0 amide bonds. The SMILES string of the molecule is CCCCCCc1ccsc1-c1cc(CCCCCC)c(-c2cc(CCCCCC)c(-c3ccc(/C=C(/C#N)C(=O)O)s3)s2)s1. The first-order valence-electron chi connectivity index (χ1n) is 16.8. The van der Waals surface area contributed by atoms with Crippen LogP contribution in [0.2, 0.25) is 0 Å². The molecule has 7 heteroatoms. The van der Waals surface area contributed by atoms with Crippen LogP contribution < -0.4 is 0 Å². The van der Waals surface area contributed by atoms with Crippen molar-refractivity contribution >= 4 is 57.4 Å². The van der Waals surface area contributed by atoms with Gasteiger partial charge in [-0.1, -0.05) is 78.6 Å². The molecule has 0 radical (unpaired) electrons. The Morgan fingerprint density at radius 2 is 1.22 bits per heavy atom. The van der Waals surface area contributed by atoms with Gasteiger partial charge in [0, 0.05) is 34.1 Å². The van der Waals surface area contributed by atoms with Crippen LogP contribution in [0.4, 0.5) is 0 Å². The number of carboxylic acids is 1. The van der Waals surface area contributed by atoms with E-state index in [-0.39, 0.29) is 5.57 Å². The number of unbranched alkanes of at least 4 members (excludes halogenated alkanes) is 9. The molecule has 4 aromatic rings. The molecule has 3 nitrogen and oxygen atoms in total. The number of aliphatic carboxylic acids is 1. The summed E-state index contributed by atoms with van der Waals surface area (Å²) >= 11 is 7.33. The highest BCUT2D eigenvalue weighted by Gasteiger charge is 2.20. The van der Waals surface area contributed by atoms with E-state index in [1.807, 2.05) is 46.1 Å². The molecule has 0 saturated heterocycles. The fourth-order valence-electron chi connectivity index (χ4n) is 5.68. The number of nitriles is 1. The maximum atomic E-state index is 11.4. The summed E-state index contributed by atoms with van der Waals surface area (Å²) in [6.07, 6.45) is 19.9. The molecular weight excluding hydrogens is 631 g/mol. The van der Waals surface area contributed by atoms with E-state index in [1.54, 1.807) is 11.3 Å². The van der Waals surface area contributed by atoms with Crippen molar-refractivity contribution in [2.24, 2.45) is 0 Å². The van der Waals surface area contributed by atoms with Crippen LogP contribution in [0.15, 0.2) is 41.3 Å². The van der Waals surface area contributed by atoms with Gasteiger partial charge >= 0.3 is 5.97 Å². The summed E-state index contributed by atoms with van der Waals surface area (Å²) in [5.41, 5.74) is 4.15. The molecule has 0 bridgehead atoms. The van der Waals surface area contributed by atoms with Gasteiger partial charge in [-0.05, 0) is 97.0 Å². The van der Waals surface area contributed by atoms with Crippen molar-refractivity contribution in [1.82, 2.24) is 0 Å². The molecule has 0 aliphatic rings. The highest BCUT2D eigenvalue weighted by atomic mass is 32.1. The summed E-state index contributed by atoms with van der Waals surface area (Å²) in [6, 6.07) is 13.1. The Hall–Kier alpha value is -2.50. The molecule has 0 aliphatic heterocycles. The van der Waals surface area contributed by atoms with Crippen molar-refractivity contribution in [1.29, 1.82) is 5.26 Å². The quantitative estimate of drug-likeness (QED) is 0.0575. The van der Waals surface area contributed by atoms with E-state index in [0.717, 1.165) is 29.0 Å². The van der Waals surface area contributed by atoms with Crippen LogP contribution in [-0.2, 0) is 24.1 Å². The van der Waals surface area contributed by atoms with E-state index < -0.39 is 5.97 Å². The van der Waals surface area contributed by atoms with Gasteiger partial charge in [0.05, 0.1) is 0 Å². The van der Waals surface area contributed by atoms with Crippen LogP contribution >= 0.6 is 45.3 Å². The maximum Gasteiger partial charge on any atom is 0.346 e. The highest BCUT2D eigenvalue weighted by Crippen LogP contribution is 2.48. The first-order valence-corrected chi connectivity index (χ1v) is 20.1. The van der Waals surface area contributed by atoms with Gasteiger partial charge in [0.2, 0.25) is 0 Å². The average Bonchev–Trinajstić information content (AvgIpc) is 3.84. The number of carbonyl (C=O) groups is 1. The lowest BCUT2D eigenvalue weighted by molar-refractivity contribution is -0.132. The Bertz CT molecular complexity index is 1570. The van der Waals surface area contributed by atoms with Crippen molar-refractivity contribution in [3.05, 3.63) is 62.9 Å². The van der Waals surface area contributed by atoms with Gasteiger partial charge in [-0.2, -0.15) is 5.26 Å². The first kappa shape index (κ1) is 35.4. The van der Waals surface area contributed by atoms with Gasteiger partial charge in [-0.15, -0.1) is 45.3 Å². The number of nitrogens with zero attached hydrogens (tertiary/aromatic N) is 1. The van der Waals surface area contributed by atoms with E-state index in [4.69, 9.17) is 0 Å². The molecule has 240 valence electrons. The molecule has 45 heavy (non-hydrogen) atoms. The number of hydrogen-bond donors (Lipinski definition) is 1. The number of aryl methyl sites for hydroxylation is 3. The minimum atomic E-state index is -1.18. The van der Waals surface area contributed by atoms with Gasteiger partial charge < -0.3 is 5.11 Å². The predicted molar refractivity (Wildman–Crippen MR) is 199 cm³/mol. The van der Waals surface area contributed by atoms with Crippen LogP contribution in [0.1, 0.15) is 119 Å². The van der Waals surface area contributed by atoms with E-state index >= 15 is 0 Å². The van der Waals surface area contributed by atoms with Crippen LogP contribution in [0.25, 0.3) is 35.3 Å². The Labute approximate surface area is 286 Å². The minimum Gasteiger partial charge on any atom is -0.477 e. The Morgan fingerprint density at radius 3 is 1.76 bits per heavy atom. The lowest BCUT2D eigenvalue weighted by Crippen LogP contribution is -1.96. The third-order valence-corrected chi connectivity index (χ3v) is 13.1. The van der Waals surface area contributed by atoms with Crippen molar-refractivity contribution in [3.8, 4) is 35.3 Å². The second-order valence-electron chi connectivity index (χ2n) is 11.8. The molecule has 0 fully saturated rings. The molecule has 0 spiro atoms. The summed E-state index contributed by atoms with van der Waals surface area (Å²) in [5, 5.41) is 20.9. The molecule has 0 unspecified atom stereocenters. The van der Waals surface area contributed by atoms with Gasteiger partial charge in [0.1, 0.15) is 11.6 Å². The molecule has 0 saturated carbocycles. The zero-order chi connectivity index (χ0) is 32.0. The smallest absolute Gasteiger partial charge is 0.346 e. The van der Waals surface area contributed by atoms with Crippen LogP contribution in [0.3, 0.4) is 0 Å². The van der Waals surface area contributed by atoms with Gasteiger partial charge in [0.25, 0.3) is 0 Å². The number of carboxylic acid groups (broad SMARTS) is 1. The molecule has 4 heterocycles. The first-order chi connectivity index (χ1) is 22.0. The summed E-state index contributed by atoms with van der Waals surface area (Å²) in [4.78, 5) is 20.3. The largest absolute Gasteiger partial charge is 0.477 e. The minimum absolute atomic E-state index is 0.229. The summed E-state index contributed by atoms with van der Waals surface area (Å²) in [5.74, 6) is -1.18. The van der Waals surface area contributed by atoms with Gasteiger partial charge in [-0.3, -0.25) is 0 Å². The zero-order valence-electron chi connectivity index (χ0n) is 27.1. The van der Waals surface area contributed by atoms with Gasteiger partial charge in [0.15, 0.2) is 0 Å². The van der Waals surface area contributed by atoms with E-state index in [0.29, 0.717) is 0 Å². The third-order valence-electron chi connectivity index (χ3n) is 8.20. The fourth-order valence-corrected chi connectivity index (χ4v) is 10.4.